The van der Waals surface area contributed by atoms with Crippen LogP contribution in [0.5, 0.6) is 0 Å². The molecule has 0 spiro atoms. The quantitative estimate of drug-likeness (QED) is 0.101. The van der Waals surface area contributed by atoms with Gasteiger partial charge in [-0.15, -0.1) is 0 Å². The molecular weight excluding hydrogens is 534 g/mol. The molecule has 0 aromatic heterocycles. The zero-order valence-electron chi connectivity index (χ0n) is 24.3. The summed E-state index contributed by atoms with van der Waals surface area (Å²) in [5.74, 6) is -3.57. The summed E-state index contributed by atoms with van der Waals surface area (Å²) in [6.07, 6.45) is 3.33. The highest BCUT2D eigenvalue weighted by Crippen LogP contribution is 2.23. The van der Waals surface area contributed by atoms with Crippen molar-refractivity contribution in [2.24, 2.45) is 23.1 Å². The first-order chi connectivity index (χ1) is 19.4. The molecule has 2 aliphatic rings. The third-order valence-corrected chi connectivity index (χ3v) is 7.78. The highest BCUT2D eigenvalue weighted by Gasteiger charge is 2.44. The summed E-state index contributed by atoms with van der Waals surface area (Å²) in [4.78, 5) is 67.4. The molecule has 2 aliphatic heterocycles. The number of unbranched alkanes of at least 4 members (excludes halogenated alkanes) is 2. The Morgan fingerprint density at radius 3 is 2.12 bits per heavy atom. The van der Waals surface area contributed by atoms with Crippen LogP contribution in [0, 0.1) is 5.92 Å². The van der Waals surface area contributed by atoms with Crippen molar-refractivity contribution in [2.75, 3.05) is 26.2 Å². The van der Waals surface area contributed by atoms with Gasteiger partial charge in [0.15, 0.2) is 0 Å². The summed E-state index contributed by atoms with van der Waals surface area (Å²) < 4.78 is 0. The molecule has 0 aromatic rings. The fourth-order valence-corrected chi connectivity index (χ4v) is 5.41. The molecule has 0 saturated carbocycles. The van der Waals surface area contributed by atoms with E-state index in [2.05, 4.69) is 10.6 Å². The van der Waals surface area contributed by atoms with E-state index < -0.39 is 65.9 Å². The van der Waals surface area contributed by atoms with E-state index >= 15 is 0 Å². The average Bonchev–Trinajstić information content (AvgIpc) is 3.57. The predicted molar refractivity (Wildman–Crippen MR) is 151 cm³/mol. The van der Waals surface area contributed by atoms with Crippen LogP contribution in [0.15, 0.2) is 0 Å². The number of carbonyl (C=O) groups excluding carboxylic acids is 4. The van der Waals surface area contributed by atoms with Crippen molar-refractivity contribution >= 4 is 29.6 Å². The summed E-state index contributed by atoms with van der Waals surface area (Å²) in [5, 5.41) is 25.0. The van der Waals surface area contributed by atoms with E-state index in [0.29, 0.717) is 64.6 Å². The lowest BCUT2D eigenvalue weighted by molar-refractivity contribution is -0.150. The van der Waals surface area contributed by atoms with E-state index in [1.165, 1.54) is 4.90 Å². The van der Waals surface area contributed by atoms with Crippen molar-refractivity contribution < 1.29 is 34.2 Å². The molecule has 2 rings (SSSR count). The SMILES string of the molecule is CC(C)[C@H](NC(=O)[C@@H]1CCCN1C(=O)[C@H](CCCCN)NC(=O)[C@@H](N)CCCCN)C(=O)N1C[C@H](O)C[C@H]1C(=O)O. The van der Waals surface area contributed by atoms with Gasteiger partial charge in [0, 0.05) is 19.5 Å². The highest BCUT2D eigenvalue weighted by molar-refractivity contribution is 5.96. The number of hydrogen-bond acceptors (Lipinski definition) is 9. The van der Waals surface area contributed by atoms with Crippen LogP contribution in [0.4, 0.5) is 0 Å². The van der Waals surface area contributed by atoms with E-state index in [1.807, 2.05) is 0 Å². The Hall–Kier alpha value is -2.81. The minimum atomic E-state index is -1.22. The monoisotopic (exact) mass is 583 g/mol. The molecule has 2 heterocycles. The third kappa shape index (κ3) is 9.62. The normalized spacial score (nSPS) is 22.9. The van der Waals surface area contributed by atoms with Crippen molar-refractivity contribution in [1.82, 2.24) is 20.4 Å². The van der Waals surface area contributed by atoms with Crippen LogP contribution in [0.3, 0.4) is 0 Å². The molecule has 4 amide bonds. The molecule has 0 bridgehead atoms. The number of β-amino-alcohol motifs (C(OH)–C–C–N with tert-alkyl or cyclic N) is 1. The Bertz CT molecular complexity index is 918. The van der Waals surface area contributed by atoms with Gasteiger partial charge in [0.05, 0.1) is 12.1 Å². The molecule has 10 N–H and O–H groups in total. The maximum absolute atomic E-state index is 13.7. The first-order valence-corrected chi connectivity index (χ1v) is 14.7. The minimum absolute atomic E-state index is 0.0846. The molecule has 0 radical (unpaired) electrons. The fraction of sp³-hybridized carbons (Fsp3) is 0.815. The second kappa shape index (κ2) is 16.6. The van der Waals surface area contributed by atoms with Crippen molar-refractivity contribution in [1.29, 1.82) is 0 Å². The minimum Gasteiger partial charge on any atom is -0.480 e. The summed E-state index contributed by atoms with van der Waals surface area (Å²) in [7, 11) is 0. The smallest absolute Gasteiger partial charge is 0.326 e. The van der Waals surface area contributed by atoms with Crippen LogP contribution < -0.4 is 27.8 Å². The number of hydrogen-bond donors (Lipinski definition) is 7. The van der Waals surface area contributed by atoms with E-state index in [-0.39, 0.29) is 18.9 Å². The number of carbonyl (C=O) groups is 5. The number of rotatable bonds is 16. The summed E-state index contributed by atoms with van der Waals surface area (Å²) in [6.45, 7) is 4.55. The molecule has 6 atom stereocenters. The molecule has 0 unspecified atom stereocenters. The lowest BCUT2D eigenvalue weighted by Gasteiger charge is -2.32. The predicted octanol–water partition coefficient (Wildman–Crippen LogP) is -1.77. The van der Waals surface area contributed by atoms with Gasteiger partial charge in [-0.1, -0.05) is 20.3 Å². The van der Waals surface area contributed by atoms with E-state index in [0.717, 1.165) is 11.3 Å². The first kappa shape index (κ1) is 34.4. The van der Waals surface area contributed by atoms with Crippen molar-refractivity contribution in [3.05, 3.63) is 0 Å². The number of nitrogens with one attached hydrogen (secondary N) is 2. The van der Waals surface area contributed by atoms with Crippen molar-refractivity contribution in [2.45, 2.75) is 108 Å². The maximum atomic E-state index is 13.7. The zero-order chi connectivity index (χ0) is 30.7. The van der Waals surface area contributed by atoms with Crippen LogP contribution in [0.1, 0.15) is 71.6 Å². The lowest BCUT2D eigenvalue weighted by Crippen LogP contribution is -2.59. The second-order valence-corrected chi connectivity index (χ2v) is 11.4. The van der Waals surface area contributed by atoms with E-state index in [9.17, 15) is 34.2 Å². The van der Waals surface area contributed by atoms with Gasteiger partial charge in [-0.3, -0.25) is 19.2 Å². The maximum Gasteiger partial charge on any atom is 0.326 e. The molecule has 234 valence electrons. The lowest BCUT2D eigenvalue weighted by atomic mass is 10.0. The molecule has 14 nitrogen and oxygen atoms in total. The summed E-state index contributed by atoms with van der Waals surface area (Å²) in [5.41, 5.74) is 17.2. The summed E-state index contributed by atoms with van der Waals surface area (Å²) in [6, 6.07) is -4.75. The Balaban J connectivity index is 2.15. The molecule has 14 heteroatoms. The molecular formula is C27H49N7O7. The molecule has 0 aliphatic carbocycles. The first-order valence-electron chi connectivity index (χ1n) is 14.7. The summed E-state index contributed by atoms with van der Waals surface area (Å²) >= 11 is 0. The number of aliphatic carboxylic acids is 1. The topological polar surface area (TPSA) is 234 Å². The van der Waals surface area contributed by atoms with Gasteiger partial charge < -0.3 is 47.8 Å². The number of nitrogens with zero attached hydrogens (tertiary/aromatic N) is 2. The van der Waals surface area contributed by atoms with Crippen LogP contribution in [0.25, 0.3) is 0 Å². The molecule has 0 aromatic carbocycles. The van der Waals surface area contributed by atoms with Crippen LogP contribution >= 0.6 is 0 Å². The van der Waals surface area contributed by atoms with Crippen molar-refractivity contribution in [3.8, 4) is 0 Å². The Morgan fingerprint density at radius 2 is 1.54 bits per heavy atom. The highest BCUT2D eigenvalue weighted by atomic mass is 16.4. The number of aliphatic hydroxyl groups excluding tert-OH is 1. The Labute approximate surface area is 241 Å². The number of aliphatic hydroxyl groups is 1. The standard InChI is InChI=1S/C27H49N7O7/c1-16(2)22(26(39)34-15-17(35)14-21(34)27(40)41)32-24(37)20-10-7-13-33(20)25(38)19(9-4-6-12-29)31-23(36)18(30)8-3-5-11-28/h16-22,35H,3-15,28-30H2,1-2H3,(H,31,36)(H,32,37)(H,40,41)/t17-,18+,19+,20+,21+,22+/m1/s1. The van der Waals surface area contributed by atoms with Gasteiger partial charge in [0.1, 0.15) is 24.2 Å². The van der Waals surface area contributed by atoms with Gasteiger partial charge in [-0.2, -0.15) is 0 Å². The van der Waals surface area contributed by atoms with Crippen LogP contribution in [-0.4, -0.2) is 112 Å². The number of amides is 4. The number of carboxylic acids is 1. The van der Waals surface area contributed by atoms with E-state index in [4.69, 9.17) is 17.2 Å². The van der Waals surface area contributed by atoms with Gasteiger partial charge in [-0.05, 0) is 64.0 Å². The number of carboxylic acid groups (broad SMARTS) is 1. The van der Waals surface area contributed by atoms with E-state index in [1.54, 1.807) is 13.8 Å². The zero-order valence-corrected chi connectivity index (χ0v) is 24.3. The Kier molecular flexibility index (Phi) is 13.9. The molecule has 41 heavy (non-hydrogen) atoms. The number of nitrogens with two attached hydrogens (primary N) is 3. The van der Waals surface area contributed by atoms with Gasteiger partial charge in [0.2, 0.25) is 23.6 Å². The third-order valence-electron chi connectivity index (χ3n) is 7.78. The fourth-order valence-electron chi connectivity index (χ4n) is 5.41. The van der Waals surface area contributed by atoms with Gasteiger partial charge in [0.25, 0.3) is 0 Å². The van der Waals surface area contributed by atoms with Crippen molar-refractivity contribution in [3.63, 3.8) is 0 Å². The van der Waals surface area contributed by atoms with Gasteiger partial charge in [-0.25, -0.2) is 4.79 Å². The van der Waals surface area contributed by atoms with Crippen LogP contribution in [-0.2, 0) is 24.0 Å². The average molecular weight is 584 g/mol. The molecule has 2 saturated heterocycles. The van der Waals surface area contributed by atoms with Gasteiger partial charge >= 0.3 is 5.97 Å². The van der Waals surface area contributed by atoms with Crippen LogP contribution in [0.2, 0.25) is 0 Å². The molecule has 2 fully saturated rings. The second-order valence-electron chi connectivity index (χ2n) is 11.4. The largest absolute Gasteiger partial charge is 0.480 e. The number of likely N-dealkylation sites (tertiary alicyclic amines) is 2. The Morgan fingerprint density at radius 1 is 0.902 bits per heavy atom.